The van der Waals surface area contributed by atoms with E-state index in [0.29, 0.717) is 0 Å². The van der Waals surface area contributed by atoms with Gasteiger partial charge in [-0.2, -0.15) is 0 Å². The van der Waals surface area contributed by atoms with E-state index in [4.69, 9.17) is 4.98 Å². The molecule has 12 aromatic rings. The second kappa shape index (κ2) is 12.8. The Morgan fingerprint density at radius 3 is 2.10 bits per heavy atom. The van der Waals surface area contributed by atoms with Crippen molar-refractivity contribution >= 4 is 65.3 Å². The number of hydrogen-bond acceptors (Lipinski definition) is 2. The molecule has 1 aliphatic rings. The van der Waals surface area contributed by atoms with Crippen molar-refractivity contribution in [2.75, 3.05) is 0 Å². The fourth-order valence-electron chi connectivity index (χ4n) is 10.4. The molecule has 13 rings (SSSR count). The maximum absolute atomic E-state index is 4.85. The minimum atomic E-state index is 0.101. The third-order valence-corrected chi connectivity index (χ3v) is 13.0. The summed E-state index contributed by atoms with van der Waals surface area (Å²) < 4.78 is 2.27. The summed E-state index contributed by atoms with van der Waals surface area (Å²) in [4.78, 5) is 13.2. The van der Waals surface area contributed by atoms with E-state index in [2.05, 4.69) is 197 Å². The van der Waals surface area contributed by atoms with Crippen LogP contribution in [0.25, 0.3) is 104 Å². The molecule has 0 fully saturated rings. The quantitative estimate of drug-likeness (QED) is 0.194. The number of H-pyrrole nitrogens is 1. The number of rotatable bonds is 4. The highest BCUT2D eigenvalue weighted by Gasteiger charge is 2.32. The predicted octanol–water partition coefficient (Wildman–Crippen LogP) is 14.2. The van der Waals surface area contributed by atoms with Gasteiger partial charge in [0.1, 0.15) is 6.33 Å². The molecule has 1 atom stereocenters. The van der Waals surface area contributed by atoms with Gasteiger partial charge in [-0.1, -0.05) is 146 Å². The van der Waals surface area contributed by atoms with Crippen LogP contribution in [0.1, 0.15) is 22.6 Å². The molecule has 9 aromatic carbocycles. The first-order valence-electron chi connectivity index (χ1n) is 20.7. The van der Waals surface area contributed by atoms with Crippen LogP contribution in [0, 0.1) is 0 Å². The van der Waals surface area contributed by atoms with Gasteiger partial charge < -0.3 is 9.55 Å². The number of nitrogens with one attached hydrogen (secondary N) is 1. The number of aromatic nitrogens is 4. The maximum atomic E-state index is 4.85. The Kier molecular flexibility index (Phi) is 7.10. The number of fused-ring (bicyclic) bond motifs is 15. The number of nitrogens with zero attached hydrogens (tertiary/aromatic N) is 3. The number of benzene rings is 9. The Hall–Kier alpha value is -7.82. The van der Waals surface area contributed by atoms with Gasteiger partial charge in [-0.25, -0.2) is 9.97 Å². The van der Waals surface area contributed by atoms with Gasteiger partial charge in [-0.05, 0) is 109 Å². The van der Waals surface area contributed by atoms with E-state index in [1.807, 2.05) is 6.20 Å². The average Bonchev–Trinajstić information content (AvgIpc) is 3.88. The van der Waals surface area contributed by atoms with Crippen LogP contribution in [0.4, 0.5) is 0 Å². The van der Waals surface area contributed by atoms with Gasteiger partial charge in [0.2, 0.25) is 0 Å². The van der Waals surface area contributed by atoms with Crippen LogP contribution in [-0.2, 0) is 6.42 Å². The lowest BCUT2D eigenvalue weighted by molar-refractivity contribution is 0.808. The van der Waals surface area contributed by atoms with Crippen molar-refractivity contribution in [3.8, 4) is 39.1 Å². The highest BCUT2D eigenvalue weighted by molar-refractivity contribution is 6.25. The van der Waals surface area contributed by atoms with Crippen LogP contribution in [0.5, 0.6) is 0 Å². The summed E-state index contributed by atoms with van der Waals surface area (Å²) in [5.41, 5.74) is 18.1. The largest absolute Gasteiger partial charge is 0.354 e. The van der Waals surface area contributed by atoms with E-state index in [-0.39, 0.29) is 5.92 Å². The summed E-state index contributed by atoms with van der Waals surface area (Å²) in [6.07, 6.45) is 4.47. The van der Waals surface area contributed by atoms with Crippen molar-refractivity contribution in [1.82, 2.24) is 19.5 Å². The molecule has 0 bridgehead atoms. The van der Waals surface area contributed by atoms with Crippen LogP contribution >= 0.6 is 0 Å². The van der Waals surface area contributed by atoms with Crippen molar-refractivity contribution in [3.63, 3.8) is 0 Å². The molecule has 3 heterocycles. The van der Waals surface area contributed by atoms with Gasteiger partial charge in [-0.3, -0.25) is 0 Å². The van der Waals surface area contributed by atoms with Gasteiger partial charge >= 0.3 is 0 Å². The molecule has 0 saturated heterocycles. The summed E-state index contributed by atoms with van der Waals surface area (Å²) in [7, 11) is 0. The zero-order chi connectivity index (χ0) is 39.3. The third-order valence-electron chi connectivity index (χ3n) is 13.0. The monoisotopic (exact) mass is 764 g/mol. The van der Waals surface area contributed by atoms with Gasteiger partial charge in [0.05, 0.1) is 28.3 Å². The van der Waals surface area contributed by atoms with Crippen molar-refractivity contribution in [3.05, 3.63) is 211 Å². The van der Waals surface area contributed by atoms with Gasteiger partial charge in [0.25, 0.3) is 0 Å². The topological polar surface area (TPSA) is 46.5 Å². The standard InChI is InChI=1S/C56H36N4/c1-3-13-34(14-4-1)37-27-38(36-24-26-50-48(30-36)55-51(32-57-33-58-55)60(50)40-16-5-2-6-17-40)29-39(28-37)46-31-47-42-19-9-10-20-43(42)56-54(44-21-11-12-22-49(44)59-56)53(47)45-25-23-35-15-7-8-18-41(35)52(45)46/h1-30,32-33,46,59H,31H2. The highest BCUT2D eigenvalue weighted by Crippen LogP contribution is 2.53. The smallest absolute Gasteiger partial charge is 0.116 e. The molecule has 4 heteroatoms. The average molecular weight is 765 g/mol. The molecular weight excluding hydrogens is 729 g/mol. The van der Waals surface area contributed by atoms with E-state index in [0.717, 1.165) is 39.6 Å². The Bertz CT molecular complexity index is 3690. The van der Waals surface area contributed by atoms with Crippen LogP contribution in [0.3, 0.4) is 0 Å². The zero-order valence-electron chi connectivity index (χ0n) is 32.6. The second-order valence-corrected chi connectivity index (χ2v) is 16.2. The molecule has 60 heavy (non-hydrogen) atoms. The first-order chi connectivity index (χ1) is 29.8. The van der Waals surface area contributed by atoms with E-state index < -0.39 is 0 Å². The van der Waals surface area contributed by atoms with Gasteiger partial charge in [0, 0.05) is 38.7 Å². The molecule has 280 valence electrons. The van der Waals surface area contributed by atoms with E-state index in [1.165, 1.54) is 87.9 Å². The van der Waals surface area contributed by atoms with E-state index in [1.54, 1.807) is 6.33 Å². The minimum Gasteiger partial charge on any atom is -0.354 e. The molecule has 0 spiro atoms. The van der Waals surface area contributed by atoms with Gasteiger partial charge in [0.15, 0.2) is 0 Å². The minimum absolute atomic E-state index is 0.101. The normalized spacial score (nSPS) is 13.8. The van der Waals surface area contributed by atoms with Crippen LogP contribution in [0.15, 0.2) is 195 Å². The first-order valence-corrected chi connectivity index (χ1v) is 20.7. The summed E-state index contributed by atoms with van der Waals surface area (Å²) in [5.74, 6) is 0.101. The molecule has 1 aliphatic carbocycles. The molecule has 0 saturated carbocycles. The molecule has 4 nitrogen and oxygen atoms in total. The summed E-state index contributed by atoms with van der Waals surface area (Å²) in [5, 5.41) is 8.87. The molecular formula is C56H36N4. The van der Waals surface area contributed by atoms with E-state index in [9.17, 15) is 0 Å². The van der Waals surface area contributed by atoms with Crippen molar-refractivity contribution in [1.29, 1.82) is 0 Å². The lowest BCUT2D eigenvalue weighted by Gasteiger charge is -2.32. The Morgan fingerprint density at radius 1 is 0.533 bits per heavy atom. The Labute approximate surface area is 346 Å². The van der Waals surface area contributed by atoms with Crippen LogP contribution < -0.4 is 0 Å². The molecule has 0 amide bonds. The fraction of sp³-hybridized carbons (Fsp3) is 0.0357. The number of hydrogen-bond donors (Lipinski definition) is 1. The number of para-hydroxylation sites is 2. The molecule has 1 unspecified atom stereocenters. The van der Waals surface area contributed by atoms with Gasteiger partial charge in [-0.15, -0.1) is 0 Å². The summed E-state index contributed by atoms with van der Waals surface area (Å²) in [6, 6.07) is 67.0. The Morgan fingerprint density at radius 2 is 1.25 bits per heavy atom. The molecule has 0 aliphatic heterocycles. The SMILES string of the molecule is c1ccc(-c2cc(-c3ccc4c(c3)c3ncncc3n4-c3ccccc3)cc(C3Cc4c(c5c6ccccc6[nH]c5c5ccccc45)-c4ccc5ccccc5c43)c2)cc1. The first kappa shape index (κ1) is 33.2. The second-order valence-electron chi connectivity index (χ2n) is 16.2. The molecule has 0 radical (unpaired) electrons. The van der Waals surface area contributed by atoms with Crippen LogP contribution in [-0.4, -0.2) is 19.5 Å². The molecule has 1 N–H and O–H groups in total. The lowest BCUT2D eigenvalue weighted by atomic mass is 9.71. The maximum Gasteiger partial charge on any atom is 0.116 e. The van der Waals surface area contributed by atoms with Crippen LogP contribution in [0.2, 0.25) is 0 Å². The molecule has 3 aromatic heterocycles. The summed E-state index contributed by atoms with van der Waals surface area (Å²) >= 11 is 0. The van der Waals surface area contributed by atoms with Crippen molar-refractivity contribution in [2.45, 2.75) is 12.3 Å². The fourth-order valence-corrected chi connectivity index (χ4v) is 10.4. The van der Waals surface area contributed by atoms with Crippen molar-refractivity contribution < 1.29 is 0 Å². The predicted molar refractivity (Wildman–Crippen MR) is 249 cm³/mol. The third kappa shape index (κ3) is 4.85. The lowest BCUT2D eigenvalue weighted by Crippen LogP contribution is -2.14. The summed E-state index contributed by atoms with van der Waals surface area (Å²) in [6.45, 7) is 0. The number of aromatic amines is 1. The Balaban J connectivity index is 1.09. The van der Waals surface area contributed by atoms with E-state index >= 15 is 0 Å². The highest BCUT2D eigenvalue weighted by atomic mass is 15.0. The van der Waals surface area contributed by atoms with Crippen molar-refractivity contribution in [2.24, 2.45) is 0 Å². The zero-order valence-corrected chi connectivity index (χ0v) is 32.6.